The first-order valence-corrected chi connectivity index (χ1v) is 5.03. The number of ether oxygens (including phenoxy) is 3. The van der Waals surface area contributed by atoms with E-state index in [0.717, 1.165) is 0 Å². The molecule has 0 saturated heterocycles. The molecule has 0 aliphatic rings. The van der Waals surface area contributed by atoms with Crippen LogP contribution in [0.4, 0.5) is 14.4 Å². The molecule has 0 aromatic carbocycles. The summed E-state index contributed by atoms with van der Waals surface area (Å²) in [5, 5.41) is 24.8. The van der Waals surface area contributed by atoms with E-state index in [-0.39, 0.29) is 32.5 Å². The Bertz CT molecular complexity index is 288. The second-order valence-electron chi connectivity index (χ2n) is 3.17. The van der Waals surface area contributed by atoms with Gasteiger partial charge in [-0.1, -0.05) is 0 Å². The largest absolute Gasteiger partial charge is 0.506 e. The summed E-state index contributed by atoms with van der Waals surface area (Å²) in [4.78, 5) is 30.5. The highest BCUT2D eigenvalue weighted by atomic mass is 16.7. The Morgan fingerprint density at radius 3 is 1.89 bits per heavy atom. The first-order chi connectivity index (χ1) is 8.41. The van der Waals surface area contributed by atoms with Crippen LogP contribution in [0.1, 0.15) is 19.3 Å². The van der Waals surface area contributed by atoms with Crippen molar-refractivity contribution in [1.29, 1.82) is 0 Å². The van der Waals surface area contributed by atoms with E-state index >= 15 is 0 Å². The van der Waals surface area contributed by atoms with Crippen molar-refractivity contribution < 1.29 is 43.9 Å². The van der Waals surface area contributed by atoms with Crippen molar-refractivity contribution in [2.24, 2.45) is 0 Å². The zero-order valence-corrected chi connectivity index (χ0v) is 9.40. The topological polar surface area (TPSA) is 140 Å². The first kappa shape index (κ1) is 15.8. The molecule has 0 bridgehead atoms. The molecule has 1 atom stereocenters. The quantitative estimate of drug-likeness (QED) is 0.339. The van der Waals surface area contributed by atoms with Crippen LogP contribution in [0.5, 0.6) is 0 Å². The van der Waals surface area contributed by atoms with Crippen LogP contribution in [0, 0.1) is 0 Å². The van der Waals surface area contributed by atoms with Crippen LogP contribution in [0.2, 0.25) is 0 Å². The average Bonchev–Trinajstić information content (AvgIpc) is 2.22. The Balaban J connectivity index is 3.87. The molecule has 0 spiro atoms. The normalized spacial score (nSPS) is 11.3. The molecule has 9 nitrogen and oxygen atoms in total. The molecule has 1 unspecified atom stereocenters. The summed E-state index contributed by atoms with van der Waals surface area (Å²) in [6.45, 7) is -0.290. The molecule has 0 amide bonds. The summed E-state index contributed by atoms with van der Waals surface area (Å²) in [6, 6.07) is 0. The smallest absolute Gasteiger partial charge is 0.450 e. The zero-order valence-electron chi connectivity index (χ0n) is 9.40. The Labute approximate surface area is 102 Å². The van der Waals surface area contributed by atoms with E-state index in [9.17, 15) is 14.4 Å². The van der Waals surface area contributed by atoms with Crippen molar-refractivity contribution in [2.45, 2.75) is 25.4 Å². The van der Waals surface area contributed by atoms with E-state index in [4.69, 9.17) is 15.3 Å². The lowest BCUT2D eigenvalue weighted by atomic mass is 10.1. The molecule has 0 aliphatic heterocycles. The van der Waals surface area contributed by atoms with Crippen molar-refractivity contribution in [3.8, 4) is 0 Å². The lowest BCUT2D eigenvalue weighted by molar-refractivity contribution is 0.0239. The summed E-state index contributed by atoms with van der Waals surface area (Å²) in [5.74, 6) is 0. The number of hydrogen-bond donors (Lipinski definition) is 3. The van der Waals surface area contributed by atoms with Crippen LogP contribution in [-0.2, 0) is 14.2 Å². The van der Waals surface area contributed by atoms with Gasteiger partial charge in [-0.05, 0) is 12.8 Å². The van der Waals surface area contributed by atoms with Crippen molar-refractivity contribution in [2.75, 3.05) is 13.2 Å². The van der Waals surface area contributed by atoms with E-state index in [1.165, 1.54) is 0 Å². The third-order valence-electron chi connectivity index (χ3n) is 1.83. The monoisotopic (exact) mass is 266 g/mol. The van der Waals surface area contributed by atoms with E-state index < -0.39 is 24.6 Å². The minimum atomic E-state index is -1.49. The number of carbonyl (C=O) groups is 3. The molecule has 18 heavy (non-hydrogen) atoms. The highest BCUT2D eigenvalue weighted by Crippen LogP contribution is 2.08. The Kier molecular flexibility index (Phi) is 7.82. The van der Waals surface area contributed by atoms with Gasteiger partial charge in [0.2, 0.25) is 0 Å². The van der Waals surface area contributed by atoms with Crippen LogP contribution >= 0.6 is 0 Å². The second kappa shape index (κ2) is 8.90. The maximum atomic E-state index is 10.3. The lowest BCUT2D eigenvalue weighted by Gasteiger charge is -2.15. The van der Waals surface area contributed by atoms with Gasteiger partial charge < -0.3 is 29.5 Å². The first-order valence-electron chi connectivity index (χ1n) is 5.03. The summed E-state index contributed by atoms with van der Waals surface area (Å²) < 4.78 is 12.9. The molecule has 0 fully saturated rings. The Morgan fingerprint density at radius 2 is 1.39 bits per heavy atom. The van der Waals surface area contributed by atoms with E-state index in [1.807, 2.05) is 0 Å². The molecule has 0 aromatic rings. The predicted molar refractivity (Wildman–Crippen MR) is 54.7 cm³/mol. The summed E-state index contributed by atoms with van der Waals surface area (Å²) in [7, 11) is 0. The summed E-state index contributed by atoms with van der Waals surface area (Å²) >= 11 is 0. The standard InChI is InChI=1S/C9H14O9/c10-7(11)16-4-1-2-6(18-9(14)15)3-5-17-8(12)13/h6H,1-5H2,(H,10,11)(H,12,13)(H,14,15). The van der Waals surface area contributed by atoms with Crippen LogP contribution < -0.4 is 0 Å². The van der Waals surface area contributed by atoms with Crippen LogP contribution in [0.3, 0.4) is 0 Å². The molecular formula is C9H14O9. The minimum Gasteiger partial charge on any atom is -0.450 e. The van der Waals surface area contributed by atoms with Gasteiger partial charge in [0.15, 0.2) is 0 Å². The number of carboxylic acid groups (broad SMARTS) is 3. The highest BCUT2D eigenvalue weighted by Gasteiger charge is 2.14. The van der Waals surface area contributed by atoms with Crippen LogP contribution in [0.25, 0.3) is 0 Å². The molecule has 0 aromatic heterocycles. The van der Waals surface area contributed by atoms with Gasteiger partial charge >= 0.3 is 18.5 Å². The minimum absolute atomic E-state index is 0.0612. The molecule has 0 aliphatic carbocycles. The molecule has 0 rings (SSSR count). The molecule has 0 saturated carbocycles. The van der Waals surface area contributed by atoms with Gasteiger partial charge in [0.25, 0.3) is 0 Å². The number of rotatable bonds is 8. The predicted octanol–water partition coefficient (Wildman–Crippen LogP) is 1.61. The second-order valence-corrected chi connectivity index (χ2v) is 3.17. The van der Waals surface area contributed by atoms with E-state index in [2.05, 4.69) is 14.2 Å². The lowest BCUT2D eigenvalue weighted by Crippen LogP contribution is -2.20. The van der Waals surface area contributed by atoms with Gasteiger partial charge in [0, 0.05) is 6.42 Å². The van der Waals surface area contributed by atoms with Crippen molar-refractivity contribution in [3.05, 3.63) is 0 Å². The fourth-order valence-electron chi connectivity index (χ4n) is 1.15. The molecule has 0 heterocycles. The van der Waals surface area contributed by atoms with Crippen LogP contribution in [-0.4, -0.2) is 53.1 Å². The van der Waals surface area contributed by atoms with Gasteiger partial charge in [-0.15, -0.1) is 0 Å². The van der Waals surface area contributed by atoms with Gasteiger partial charge in [-0.2, -0.15) is 0 Å². The third-order valence-corrected chi connectivity index (χ3v) is 1.83. The van der Waals surface area contributed by atoms with E-state index in [0.29, 0.717) is 0 Å². The zero-order chi connectivity index (χ0) is 14.0. The fraction of sp³-hybridized carbons (Fsp3) is 0.667. The van der Waals surface area contributed by atoms with Crippen molar-refractivity contribution in [3.63, 3.8) is 0 Å². The SMILES string of the molecule is O=C(O)OCCCC(CCOC(=O)O)OC(=O)O. The van der Waals surface area contributed by atoms with Gasteiger partial charge in [0.05, 0.1) is 13.2 Å². The third kappa shape index (κ3) is 10.3. The van der Waals surface area contributed by atoms with Crippen molar-refractivity contribution >= 4 is 18.5 Å². The molecule has 9 heteroatoms. The summed E-state index contributed by atoms with van der Waals surface area (Å²) in [6.07, 6.45) is -4.60. The summed E-state index contributed by atoms with van der Waals surface area (Å²) in [5.41, 5.74) is 0. The average molecular weight is 266 g/mol. The molecule has 104 valence electrons. The maximum absolute atomic E-state index is 10.3. The maximum Gasteiger partial charge on any atom is 0.506 e. The van der Waals surface area contributed by atoms with Crippen LogP contribution in [0.15, 0.2) is 0 Å². The van der Waals surface area contributed by atoms with Gasteiger partial charge in [-0.3, -0.25) is 0 Å². The fourth-order valence-corrected chi connectivity index (χ4v) is 1.15. The molecule has 0 radical (unpaired) electrons. The Morgan fingerprint density at radius 1 is 0.833 bits per heavy atom. The highest BCUT2D eigenvalue weighted by molar-refractivity contribution is 5.57. The Hall–Kier alpha value is -2.19. The van der Waals surface area contributed by atoms with Gasteiger partial charge in [0.1, 0.15) is 6.10 Å². The molecular weight excluding hydrogens is 252 g/mol. The van der Waals surface area contributed by atoms with Gasteiger partial charge in [-0.25, -0.2) is 14.4 Å². The van der Waals surface area contributed by atoms with Crippen molar-refractivity contribution in [1.82, 2.24) is 0 Å². The molecule has 3 N–H and O–H groups in total. The number of hydrogen-bond acceptors (Lipinski definition) is 6. The van der Waals surface area contributed by atoms with E-state index in [1.54, 1.807) is 0 Å².